The Balaban J connectivity index is 2.00. The first-order valence-electron chi connectivity index (χ1n) is 6.03. The summed E-state index contributed by atoms with van der Waals surface area (Å²) in [7, 11) is -1.15. The normalized spacial score (nSPS) is 14.4. The van der Waals surface area contributed by atoms with Crippen molar-refractivity contribution in [3.63, 3.8) is 0 Å². The largest absolute Gasteiger partial charge is 0.252 e. The lowest BCUT2D eigenvalue weighted by Gasteiger charge is -2.12. The summed E-state index contributed by atoms with van der Waals surface area (Å²) < 4.78 is 14.2. The van der Waals surface area contributed by atoms with Gasteiger partial charge in [-0.05, 0) is 31.2 Å². The summed E-state index contributed by atoms with van der Waals surface area (Å²) in [6.45, 7) is 1.89. The Kier molecular flexibility index (Phi) is 3.13. The molecular weight excluding hydrogens is 258 g/mol. The van der Waals surface area contributed by atoms with Crippen LogP contribution in [0.5, 0.6) is 0 Å². The molecule has 5 heteroatoms. The van der Waals surface area contributed by atoms with Crippen LogP contribution in [0.2, 0.25) is 0 Å². The lowest BCUT2D eigenvalue weighted by atomic mass is 10.3. The number of hydrogen-bond acceptors (Lipinski definition) is 3. The van der Waals surface area contributed by atoms with Crippen molar-refractivity contribution in [2.45, 2.75) is 17.2 Å². The molecule has 0 saturated carbocycles. The van der Waals surface area contributed by atoms with Crippen molar-refractivity contribution in [2.75, 3.05) is 0 Å². The van der Waals surface area contributed by atoms with Gasteiger partial charge in [0.05, 0.1) is 16.3 Å². The van der Waals surface area contributed by atoms with Gasteiger partial charge in [0.15, 0.2) is 0 Å². The highest BCUT2D eigenvalue weighted by Crippen LogP contribution is 2.22. The SMILES string of the molecule is CC(n1nnc2ccccc21)S(=O)c1ccccc1. The van der Waals surface area contributed by atoms with E-state index >= 15 is 0 Å². The molecule has 1 aromatic heterocycles. The number of hydrogen-bond donors (Lipinski definition) is 0. The van der Waals surface area contributed by atoms with Gasteiger partial charge < -0.3 is 0 Å². The molecule has 2 unspecified atom stereocenters. The summed E-state index contributed by atoms with van der Waals surface area (Å²) in [6, 6.07) is 17.1. The van der Waals surface area contributed by atoms with Gasteiger partial charge in [0.1, 0.15) is 10.9 Å². The van der Waals surface area contributed by atoms with Crippen LogP contribution in [0.15, 0.2) is 59.5 Å². The van der Waals surface area contributed by atoms with E-state index in [-0.39, 0.29) is 5.37 Å². The van der Waals surface area contributed by atoms with Gasteiger partial charge in [0.2, 0.25) is 0 Å². The summed E-state index contributed by atoms with van der Waals surface area (Å²) in [5.74, 6) is 0. The van der Waals surface area contributed by atoms with Crippen molar-refractivity contribution < 1.29 is 4.21 Å². The molecular formula is C14H13N3OS. The molecule has 96 valence electrons. The smallest absolute Gasteiger partial charge is 0.131 e. The molecule has 0 bridgehead atoms. The van der Waals surface area contributed by atoms with Crippen molar-refractivity contribution >= 4 is 21.8 Å². The lowest BCUT2D eigenvalue weighted by Crippen LogP contribution is -2.13. The van der Waals surface area contributed by atoms with E-state index in [0.717, 1.165) is 15.9 Å². The van der Waals surface area contributed by atoms with E-state index in [1.54, 1.807) is 4.68 Å². The number of rotatable bonds is 3. The molecule has 0 amide bonds. The molecule has 4 nitrogen and oxygen atoms in total. The highest BCUT2D eigenvalue weighted by molar-refractivity contribution is 7.85. The maximum atomic E-state index is 12.5. The third kappa shape index (κ3) is 2.17. The first-order chi connectivity index (χ1) is 9.27. The predicted molar refractivity (Wildman–Crippen MR) is 75.1 cm³/mol. The number of aromatic nitrogens is 3. The molecule has 0 aliphatic rings. The third-order valence-corrected chi connectivity index (χ3v) is 4.56. The summed E-state index contributed by atoms with van der Waals surface area (Å²) in [4.78, 5) is 0.801. The van der Waals surface area contributed by atoms with Gasteiger partial charge >= 0.3 is 0 Å². The average molecular weight is 271 g/mol. The second-order valence-corrected chi connectivity index (χ2v) is 5.98. The van der Waals surface area contributed by atoms with Crippen LogP contribution in [0.1, 0.15) is 12.3 Å². The van der Waals surface area contributed by atoms with Gasteiger partial charge in [-0.3, -0.25) is 4.21 Å². The van der Waals surface area contributed by atoms with E-state index in [0.29, 0.717) is 0 Å². The zero-order valence-electron chi connectivity index (χ0n) is 10.4. The molecule has 0 spiro atoms. The zero-order chi connectivity index (χ0) is 13.2. The van der Waals surface area contributed by atoms with Gasteiger partial charge in [-0.2, -0.15) is 0 Å². The minimum atomic E-state index is -1.15. The lowest BCUT2D eigenvalue weighted by molar-refractivity contribution is 0.595. The Morgan fingerprint density at radius 3 is 2.53 bits per heavy atom. The highest BCUT2D eigenvalue weighted by Gasteiger charge is 2.18. The van der Waals surface area contributed by atoms with Crippen molar-refractivity contribution in [1.29, 1.82) is 0 Å². The number of nitrogens with zero attached hydrogens (tertiary/aromatic N) is 3. The van der Waals surface area contributed by atoms with Crippen molar-refractivity contribution in [1.82, 2.24) is 15.0 Å². The van der Waals surface area contributed by atoms with Crippen LogP contribution >= 0.6 is 0 Å². The van der Waals surface area contributed by atoms with Crippen LogP contribution in [0.3, 0.4) is 0 Å². The quantitative estimate of drug-likeness (QED) is 0.736. The molecule has 19 heavy (non-hydrogen) atoms. The number of benzene rings is 2. The fourth-order valence-electron chi connectivity index (χ4n) is 2.00. The Morgan fingerprint density at radius 2 is 1.74 bits per heavy atom. The first-order valence-corrected chi connectivity index (χ1v) is 7.24. The van der Waals surface area contributed by atoms with Gasteiger partial charge in [0.25, 0.3) is 0 Å². The number of para-hydroxylation sites is 1. The number of fused-ring (bicyclic) bond motifs is 1. The highest BCUT2D eigenvalue weighted by atomic mass is 32.2. The van der Waals surface area contributed by atoms with E-state index in [1.807, 2.05) is 61.5 Å². The van der Waals surface area contributed by atoms with Crippen molar-refractivity contribution in [3.8, 4) is 0 Å². The summed E-state index contributed by atoms with van der Waals surface area (Å²) in [6.07, 6.45) is 0. The van der Waals surface area contributed by atoms with E-state index in [4.69, 9.17) is 0 Å². The molecule has 2 atom stereocenters. The summed E-state index contributed by atoms with van der Waals surface area (Å²) in [5, 5.41) is 7.95. The zero-order valence-corrected chi connectivity index (χ0v) is 11.2. The first kappa shape index (κ1) is 12.0. The second kappa shape index (κ2) is 4.93. The van der Waals surface area contributed by atoms with Crippen molar-refractivity contribution in [3.05, 3.63) is 54.6 Å². The van der Waals surface area contributed by atoms with E-state index in [9.17, 15) is 4.21 Å². The molecule has 0 saturated heterocycles. The molecule has 1 heterocycles. The molecule has 3 aromatic rings. The molecule has 0 aliphatic heterocycles. The summed E-state index contributed by atoms with van der Waals surface area (Å²) >= 11 is 0. The fourth-order valence-corrected chi connectivity index (χ4v) is 3.15. The van der Waals surface area contributed by atoms with E-state index < -0.39 is 10.8 Å². The van der Waals surface area contributed by atoms with Crippen LogP contribution < -0.4 is 0 Å². The minimum Gasteiger partial charge on any atom is -0.252 e. The van der Waals surface area contributed by atoms with Crippen LogP contribution in [-0.4, -0.2) is 19.2 Å². The van der Waals surface area contributed by atoms with Crippen LogP contribution in [0.25, 0.3) is 11.0 Å². The monoisotopic (exact) mass is 271 g/mol. The predicted octanol–water partition coefficient (Wildman–Crippen LogP) is 2.76. The molecule has 0 aliphatic carbocycles. The molecule has 0 N–H and O–H groups in total. The molecule has 0 radical (unpaired) electrons. The van der Waals surface area contributed by atoms with Gasteiger partial charge in [-0.1, -0.05) is 35.5 Å². The van der Waals surface area contributed by atoms with E-state index in [1.165, 1.54) is 0 Å². The molecule has 3 rings (SSSR count). The Morgan fingerprint density at radius 1 is 1.05 bits per heavy atom. The van der Waals surface area contributed by atoms with Gasteiger partial charge in [0, 0.05) is 4.90 Å². The standard InChI is InChI=1S/C14H13N3OS/c1-11(19(18)12-7-3-2-4-8-12)17-14-10-6-5-9-13(14)15-16-17/h2-11H,1H3. The fraction of sp³-hybridized carbons (Fsp3) is 0.143. The summed E-state index contributed by atoms with van der Waals surface area (Å²) in [5.41, 5.74) is 1.72. The van der Waals surface area contributed by atoms with Crippen LogP contribution in [-0.2, 0) is 10.8 Å². The van der Waals surface area contributed by atoms with Crippen LogP contribution in [0, 0.1) is 0 Å². The van der Waals surface area contributed by atoms with E-state index in [2.05, 4.69) is 10.3 Å². The maximum Gasteiger partial charge on any atom is 0.131 e. The van der Waals surface area contributed by atoms with Gasteiger partial charge in [-0.25, -0.2) is 4.68 Å². The maximum absolute atomic E-state index is 12.5. The van der Waals surface area contributed by atoms with Gasteiger partial charge in [-0.15, -0.1) is 5.10 Å². The molecule has 0 fully saturated rings. The Labute approximate surface area is 113 Å². The third-order valence-electron chi connectivity index (χ3n) is 3.01. The van der Waals surface area contributed by atoms with Crippen molar-refractivity contribution in [2.24, 2.45) is 0 Å². The van der Waals surface area contributed by atoms with Crippen LogP contribution in [0.4, 0.5) is 0 Å². The Bertz CT molecular complexity index is 724. The minimum absolute atomic E-state index is 0.255. The second-order valence-electron chi connectivity index (χ2n) is 4.23. The Hall–Kier alpha value is -2.01. The topological polar surface area (TPSA) is 47.8 Å². The average Bonchev–Trinajstić information content (AvgIpc) is 2.90. The molecule has 2 aromatic carbocycles.